The number of aromatic carboxylic acids is 1. The van der Waals surface area contributed by atoms with Gasteiger partial charge in [-0.15, -0.1) is 0 Å². The summed E-state index contributed by atoms with van der Waals surface area (Å²) in [6.07, 6.45) is 3.87. The van der Waals surface area contributed by atoms with Gasteiger partial charge in [-0.3, -0.25) is 4.79 Å². The Kier molecular flexibility index (Phi) is 3.60. The molecule has 0 aromatic carbocycles. The fourth-order valence-electron chi connectivity index (χ4n) is 1.55. The van der Waals surface area contributed by atoms with Crippen molar-refractivity contribution in [2.24, 2.45) is 0 Å². The summed E-state index contributed by atoms with van der Waals surface area (Å²) in [6.45, 7) is 1.89. The lowest BCUT2D eigenvalue weighted by Gasteiger charge is -2.13. The van der Waals surface area contributed by atoms with Gasteiger partial charge in [-0.2, -0.15) is 0 Å². The lowest BCUT2D eigenvalue weighted by Crippen LogP contribution is -2.29. The molecule has 1 amide bonds. The van der Waals surface area contributed by atoms with Crippen molar-refractivity contribution in [1.29, 1.82) is 0 Å². The van der Waals surface area contributed by atoms with Gasteiger partial charge in [0.05, 0.1) is 6.04 Å². The Morgan fingerprint density at radius 2 is 2.37 bits per heavy atom. The third kappa shape index (κ3) is 2.79. The molecular formula is C11H12N4O4. The SMILES string of the molecule is CCC(NC(=O)c1cc(C(=O)O)on1)c1ncc[nH]1. The van der Waals surface area contributed by atoms with Crippen LogP contribution in [0.4, 0.5) is 0 Å². The quantitative estimate of drug-likeness (QED) is 0.740. The summed E-state index contributed by atoms with van der Waals surface area (Å²) in [5, 5.41) is 14.8. The molecule has 3 N–H and O–H groups in total. The van der Waals surface area contributed by atoms with Crippen molar-refractivity contribution in [2.75, 3.05) is 0 Å². The number of H-pyrrole nitrogens is 1. The van der Waals surface area contributed by atoms with Gasteiger partial charge >= 0.3 is 5.97 Å². The van der Waals surface area contributed by atoms with Gasteiger partial charge in [0.25, 0.3) is 5.91 Å². The van der Waals surface area contributed by atoms with Crippen LogP contribution in [-0.4, -0.2) is 32.1 Å². The average molecular weight is 264 g/mol. The molecule has 1 atom stereocenters. The molecule has 0 saturated carbocycles. The lowest BCUT2D eigenvalue weighted by atomic mass is 10.2. The van der Waals surface area contributed by atoms with E-state index in [9.17, 15) is 9.59 Å². The highest BCUT2D eigenvalue weighted by molar-refractivity contribution is 5.94. The van der Waals surface area contributed by atoms with Crippen LogP contribution in [0.1, 0.15) is 46.3 Å². The fourth-order valence-corrected chi connectivity index (χ4v) is 1.55. The Labute approximate surface area is 107 Å². The number of aromatic amines is 1. The molecule has 0 aliphatic carbocycles. The van der Waals surface area contributed by atoms with Crippen LogP contribution in [0.15, 0.2) is 23.0 Å². The third-order valence-electron chi connectivity index (χ3n) is 2.52. The van der Waals surface area contributed by atoms with Gasteiger partial charge in [0, 0.05) is 18.5 Å². The molecule has 19 heavy (non-hydrogen) atoms. The standard InChI is InChI=1S/C11H12N4O4/c1-2-6(9-12-3-4-13-9)14-10(16)7-5-8(11(17)18)19-15-7/h3-6H,2H2,1H3,(H,12,13)(H,14,16)(H,17,18). The van der Waals surface area contributed by atoms with Gasteiger partial charge in [0.2, 0.25) is 5.76 Å². The number of carboxylic acids is 1. The van der Waals surface area contributed by atoms with Gasteiger partial charge in [-0.1, -0.05) is 12.1 Å². The minimum Gasteiger partial charge on any atom is -0.475 e. The Hall–Kier alpha value is -2.64. The number of nitrogens with one attached hydrogen (secondary N) is 2. The molecule has 100 valence electrons. The molecular weight excluding hydrogens is 252 g/mol. The molecule has 0 aliphatic rings. The maximum Gasteiger partial charge on any atom is 0.374 e. The van der Waals surface area contributed by atoms with Gasteiger partial charge in [-0.05, 0) is 6.42 Å². The van der Waals surface area contributed by atoms with Gasteiger partial charge in [-0.25, -0.2) is 9.78 Å². The molecule has 2 aromatic heterocycles. The first kappa shape index (κ1) is 12.8. The molecule has 0 fully saturated rings. The summed E-state index contributed by atoms with van der Waals surface area (Å²) in [6, 6.07) is 0.777. The van der Waals surface area contributed by atoms with E-state index < -0.39 is 11.9 Å². The van der Waals surface area contributed by atoms with Gasteiger partial charge in [0.1, 0.15) is 5.82 Å². The number of nitrogens with zero attached hydrogens (tertiary/aromatic N) is 2. The Morgan fingerprint density at radius 3 is 2.89 bits per heavy atom. The second-order valence-corrected chi connectivity index (χ2v) is 3.79. The predicted octanol–water partition coefficient (Wildman–Crippen LogP) is 0.977. The van der Waals surface area contributed by atoms with Crippen LogP contribution >= 0.6 is 0 Å². The van der Waals surface area contributed by atoms with E-state index in [1.807, 2.05) is 6.92 Å². The molecule has 0 spiro atoms. The lowest BCUT2D eigenvalue weighted by molar-refractivity contribution is 0.0651. The van der Waals surface area contributed by atoms with E-state index in [0.29, 0.717) is 12.2 Å². The summed E-state index contributed by atoms with van der Waals surface area (Å²) in [5.41, 5.74) is -0.0811. The number of hydrogen-bond acceptors (Lipinski definition) is 5. The van der Waals surface area contributed by atoms with Crippen molar-refractivity contribution in [2.45, 2.75) is 19.4 Å². The summed E-state index contributed by atoms with van der Waals surface area (Å²) >= 11 is 0. The van der Waals surface area contributed by atoms with Crippen LogP contribution in [0.5, 0.6) is 0 Å². The van der Waals surface area contributed by atoms with E-state index >= 15 is 0 Å². The smallest absolute Gasteiger partial charge is 0.374 e. The molecule has 2 rings (SSSR count). The monoisotopic (exact) mass is 264 g/mol. The van der Waals surface area contributed by atoms with Crippen molar-refractivity contribution in [3.8, 4) is 0 Å². The Morgan fingerprint density at radius 1 is 1.58 bits per heavy atom. The molecule has 0 saturated heterocycles. The van der Waals surface area contributed by atoms with Crippen molar-refractivity contribution >= 4 is 11.9 Å². The van der Waals surface area contributed by atoms with Crippen molar-refractivity contribution in [3.05, 3.63) is 35.7 Å². The Bertz CT molecular complexity index is 575. The maximum atomic E-state index is 11.9. The van der Waals surface area contributed by atoms with E-state index in [-0.39, 0.29) is 17.5 Å². The number of hydrogen-bond donors (Lipinski definition) is 3. The van der Waals surface area contributed by atoms with Gasteiger partial charge < -0.3 is 19.9 Å². The van der Waals surface area contributed by atoms with Crippen molar-refractivity contribution < 1.29 is 19.2 Å². The number of rotatable bonds is 5. The molecule has 0 radical (unpaired) electrons. The number of carboxylic acid groups (broad SMARTS) is 1. The topological polar surface area (TPSA) is 121 Å². The van der Waals surface area contributed by atoms with E-state index in [0.717, 1.165) is 6.07 Å². The summed E-state index contributed by atoms with van der Waals surface area (Å²) in [5.74, 6) is -1.54. The van der Waals surface area contributed by atoms with E-state index in [1.165, 1.54) is 0 Å². The van der Waals surface area contributed by atoms with Gasteiger partial charge in [0.15, 0.2) is 5.69 Å². The van der Waals surface area contributed by atoms with E-state index in [1.54, 1.807) is 12.4 Å². The minimum absolute atomic E-state index is 0.0811. The molecule has 2 heterocycles. The highest BCUT2D eigenvalue weighted by atomic mass is 16.5. The molecule has 8 nitrogen and oxygen atoms in total. The fraction of sp³-hybridized carbons (Fsp3) is 0.273. The summed E-state index contributed by atoms with van der Waals surface area (Å²) in [7, 11) is 0. The number of aromatic nitrogens is 3. The van der Waals surface area contributed by atoms with Crippen LogP contribution in [0.25, 0.3) is 0 Å². The first-order valence-corrected chi connectivity index (χ1v) is 5.62. The molecule has 0 bridgehead atoms. The number of carbonyl (C=O) groups excluding carboxylic acids is 1. The highest BCUT2D eigenvalue weighted by Gasteiger charge is 2.20. The second-order valence-electron chi connectivity index (χ2n) is 3.79. The van der Waals surface area contributed by atoms with E-state index in [2.05, 4.69) is 25.0 Å². The van der Waals surface area contributed by atoms with Crippen LogP contribution in [0.3, 0.4) is 0 Å². The van der Waals surface area contributed by atoms with Crippen LogP contribution in [-0.2, 0) is 0 Å². The minimum atomic E-state index is -1.27. The predicted molar refractivity (Wildman–Crippen MR) is 62.5 cm³/mol. The average Bonchev–Trinajstić information content (AvgIpc) is 3.05. The summed E-state index contributed by atoms with van der Waals surface area (Å²) in [4.78, 5) is 29.5. The first-order valence-electron chi connectivity index (χ1n) is 5.62. The largest absolute Gasteiger partial charge is 0.475 e. The third-order valence-corrected chi connectivity index (χ3v) is 2.52. The zero-order valence-electron chi connectivity index (χ0n) is 10.1. The van der Waals surface area contributed by atoms with Crippen molar-refractivity contribution in [3.63, 3.8) is 0 Å². The molecule has 0 aliphatic heterocycles. The van der Waals surface area contributed by atoms with Crippen LogP contribution in [0.2, 0.25) is 0 Å². The zero-order valence-corrected chi connectivity index (χ0v) is 10.1. The molecule has 8 heteroatoms. The van der Waals surface area contributed by atoms with E-state index in [4.69, 9.17) is 5.11 Å². The highest BCUT2D eigenvalue weighted by Crippen LogP contribution is 2.12. The summed E-state index contributed by atoms with van der Waals surface area (Å²) < 4.78 is 4.52. The number of amides is 1. The van der Waals surface area contributed by atoms with Crippen LogP contribution < -0.4 is 5.32 Å². The molecule has 2 aromatic rings. The first-order chi connectivity index (χ1) is 9.11. The van der Waals surface area contributed by atoms with Crippen LogP contribution in [0, 0.1) is 0 Å². The number of carbonyl (C=O) groups is 2. The zero-order chi connectivity index (χ0) is 13.8. The normalized spacial score (nSPS) is 12.1. The second kappa shape index (κ2) is 5.34. The Balaban J connectivity index is 2.09. The number of imidazole rings is 1. The van der Waals surface area contributed by atoms with Crippen molar-refractivity contribution in [1.82, 2.24) is 20.4 Å². The maximum absolute atomic E-state index is 11.9. The molecule has 1 unspecified atom stereocenters.